The molecule has 21 heavy (non-hydrogen) atoms. The Morgan fingerprint density at radius 1 is 1.24 bits per heavy atom. The number of nitriles is 1. The van der Waals surface area contributed by atoms with Crippen LogP contribution in [0.15, 0.2) is 18.2 Å². The van der Waals surface area contributed by atoms with Crippen molar-refractivity contribution in [1.29, 1.82) is 5.26 Å². The molecule has 1 aliphatic heterocycles. The van der Waals surface area contributed by atoms with Gasteiger partial charge in [-0.2, -0.15) is 5.26 Å². The van der Waals surface area contributed by atoms with Crippen molar-refractivity contribution in [3.8, 4) is 6.07 Å². The van der Waals surface area contributed by atoms with E-state index in [4.69, 9.17) is 5.26 Å². The van der Waals surface area contributed by atoms with E-state index in [0.29, 0.717) is 6.04 Å². The second kappa shape index (κ2) is 5.72. The van der Waals surface area contributed by atoms with Gasteiger partial charge in [0.25, 0.3) is 5.69 Å². The van der Waals surface area contributed by atoms with Gasteiger partial charge < -0.3 is 4.90 Å². The van der Waals surface area contributed by atoms with E-state index in [1.807, 2.05) is 6.07 Å². The van der Waals surface area contributed by atoms with E-state index in [1.54, 1.807) is 12.1 Å². The average Bonchev–Trinajstić information content (AvgIpc) is 2.53. The third kappa shape index (κ3) is 2.58. The molecule has 0 bridgehead atoms. The van der Waals surface area contributed by atoms with Gasteiger partial charge in [0.1, 0.15) is 11.6 Å². The Labute approximate surface area is 124 Å². The number of nitro benzene ring substituents is 1. The highest BCUT2D eigenvalue weighted by atomic mass is 16.6. The molecule has 0 amide bonds. The van der Waals surface area contributed by atoms with Crippen molar-refractivity contribution >= 4 is 11.4 Å². The summed E-state index contributed by atoms with van der Waals surface area (Å²) in [5, 5.41) is 20.1. The van der Waals surface area contributed by atoms with Gasteiger partial charge in [0.15, 0.2) is 0 Å². The molecule has 2 fully saturated rings. The van der Waals surface area contributed by atoms with Crippen molar-refractivity contribution in [3.63, 3.8) is 0 Å². The number of hydrogen-bond donors (Lipinski definition) is 0. The zero-order chi connectivity index (χ0) is 14.8. The first-order valence-electron chi connectivity index (χ1n) is 7.66. The Kier molecular flexibility index (Phi) is 3.78. The summed E-state index contributed by atoms with van der Waals surface area (Å²) in [4.78, 5) is 12.8. The molecule has 1 saturated carbocycles. The highest BCUT2D eigenvalue weighted by molar-refractivity contribution is 5.60. The minimum absolute atomic E-state index is 0.0987. The van der Waals surface area contributed by atoms with Gasteiger partial charge >= 0.3 is 0 Å². The minimum atomic E-state index is -0.484. The maximum Gasteiger partial charge on any atom is 0.287 e. The molecule has 0 unspecified atom stereocenters. The first-order valence-corrected chi connectivity index (χ1v) is 7.66. The summed E-state index contributed by atoms with van der Waals surface area (Å²) < 4.78 is 0. The van der Waals surface area contributed by atoms with Crippen molar-refractivity contribution in [2.24, 2.45) is 5.92 Å². The SMILES string of the molecule is N#Cc1cc(N2CCC[C@H]3CCCC[C@H]32)ccc1[N+](=O)[O-]. The van der Waals surface area contributed by atoms with Gasteiger partial charge in [-0.15, -0.1) is 0 Å². The number of nitro groups is 1. The van der Waals surface area contributed by atoms with Gasteiger partial charge in [-0.3, -0.25) is 10.1 Å². The van der Waals surface area contributed by atoms with Crippen molar-refractivity contribution in [2.75, 3.05) is 11.4 Å². The van der Waals surface area contributed by atoms with Crippen LogP contribution in [0.3, 0.4) is 0 Å². The Morgan fingerprint density at radius 3 is 2.76 bits per heavy atom. The average molecular weight is 285 g/mol. The van der Waals surface area contributed by atoms with Crippen LogP contribution in [0.2, 0.25) is 0 Å². The lowest BCUT2D eigenvalue weighted by atomic mass is 9.78. The number of fused-ring (bicyclic) bond motifs is 1. The molecule has 2 aliphatic rings. The van der Waals surface area contributed by atoms with Crippen LogP contribution >= 0.6 is 0 Å². The molecule has 2 atom stereocenters. The maximum absolute atomic E-state index is 10.9. The van der Waals surface area contributed by atoms with Crippen LogP contribution in [0.1, 0.15) is 44.1 Å². The van der Waals surface area contributed by atoms with Crippen molar-refractivity contribution in [1.82, 2.24) is 0 Å². The van der Waals surface area contributed by atoms with Crippen molar-refractivity contribution in [2.45, 2.75) is 44.6 Å². The molecule has 3 rings (SSSR count). The number of hydrogen-bond acceptors (Lipinski definition) is 4. The summed E-state index contributed by atoms with van der Waals surface area (Å²) in [7, 11) is 0. The highest BCUT2D eigenvalue weighted by Crippen LogP contribution is 2.38. The van der Waals surface area contributed by atoms with Crippen molar-refractivity contribution < 1.29 is 4.92 Å². The molecule has 0 radical (unpaired) electrons. The molecular formula is C16H19N3O2. The summed E-state index contributed by atoms with van der Waals surface area (Å²) in [6.45, 7) is 0.990. The van der Waals surface area contributed by atoms with E-state index in [9.17, 15) is 10.1 Å². The molecule has 5 heteroatoms. The van der Waals surface area contributed by atoms with Crippen molar-refractivity contribution in [3.05, 3.63) is 33.9 Å². The molecule has 110 valence electrons. The molecule has 1 saturated heterocycles. The van der Waals surface area contributed by atoms with Crippen LogP contribution in [0, 0.1) is 27.4 Å². The van der Waals surface area contributed by atoms with Crippen LogP contribution in [-0.2, 0) is 0 Å². The lowest BCUT2D eigenvalue weighted by Crippen LogP contribution is -2.46. The molecule has 0 N–H and O–H groups in total. The van der Waals surface area contributed by atoms with E-state index >= 15 is 0 Å². The summed E-state index contributed by atoms with van der Waals surface area (Å²) in [5.74, 6) is 0.744. The fraction of sp³-hybridized carbons (Fsp3) is 0.562. The predicted octanol–water partition coefficient (Wildman–Crippen LogP) is 3.63. The molecule has 1 aliphatic carbocycles. The van der Waals surface area contributed by atoms with Gasteiger partial charge in [0, 0.05) is 24.3 Å². The molecule has 1 aromatic carbocycles. The lowest BCUT2D eigenvalue weighted by molar-refractivity contribution is -0.385. The molecule has 1 heterocycles. The Balaban J connectivity index is 1.92. The number of nitrogens with zero attached hydrogens (tertiary/aromatic N) is 3. The molecule has 1 aromatic rings. The highest BCUT2D eigenvalue weighted by Gasteiger charge is 2.33. The van der Waals surface area contributed by atoms with Gasteiger partial charge in [-0.25, -0.2) is 0 Å². The zero-order valence-electron chi connectivity index (χ0n) is 12.0. The van der Waals surface area contributed by atoms with Gasteiger partial charge in [-0.05, 0) is 43.7 Å². The zero-order valence-corrected chi connectivity index (χ0v) is 12.0. The van der Waals surface area contributed by atoms with Crippen LogP contribution in [0.25, 0.3) is 0 Å². The summed E-state index contributed by atoms with van der Waals surface area (Å²) in [6.07, 6.45) is 7.52. The van der Waals surface area contributed by atoms with E-state index in [-0.39, 0.29) is 11.3 Å². The second-order valence-electron chi connectivity index (χ2n) is 6.02. The maximum atomic E-state index is 10.9. The Bertz CT molecular complexity index is 592. The summed E-state index contributed by atoms with van der Waals surface area (Å²) >= 11 is 0. The van der Waals surface area contributed by atoms with E-state index in [1.165, 1.54) is 44.6 Å². The first-order chi connectivity index (χ1) is 10.2. The van der Waals surface area contributed by atoms with Crippen LogP contribution in [0.4, 0.5) is 11.4 Å². The molecule has 0 aromatic heterocycles. The minimum Gasteiger partial charge on any atom is -0.368 e. The number of anilines is 1. The van der Waals surface area contributed by atoms with Crippen LogP contribution < -0.4 is 4.90 Å². The predicted molar refractivity (Wildman–Crippen MR) is 80.1 cm³/mol. The number of piperidine rings is 1. The number of rotatable bonds is 2. The largest absolute Gasteiger partial charge is 0.368 e. The third-order valence-electron chi connectivity index (χ3n) is 4.87. The quantitative estimate of drug-likeness (QED) is 0.614. The van der Waals surface area contributed by atoms with E-state index in [2.05, 4.69) is 4.90 Å². The smallest absolute Gasteiger partial charge is 0.287 e. The monoisotopic (exact) mass is 285 g/mol. The van der Waals surface area contributed by atoms with Gasteiger partial charge in [0.2, 0.25) is 0 Å². The Morgan fingerprint density at radius 2 is 2.00 bits per heavy atom. The lowest BCUT2D eigenvalue weighted by Gasteiger charge is -2.45. The molecule has 0 spiro atoms. The summed E-state index contributed by atoms with van der Waals surface area (Å²) in [6, 6.07) is 7.47. The van der Waals surface area contributed by atoms with Crippen LogP contribution in [-0.4, -0.2) is 17.5 Å². The van der Waals surface area contributed by atoms with Gasteiger partial charge in [-0.1, -0.05) is 12.8 Å². The summed E-state index contributed by atoms with van der Waals surface area (Å²) in [5.41, 5.74) is 1.03. The number of benzene rings is 1. The fourth-order valence-corrected chi connectivity index (χ4v) is 3.90. The van der Waals surface area contributed by atoms with E-state index in [0.717, 1.165) is 18.2 Å². The Hall–Kier alpha value is -2.09. The molecule has 5 nitrogen and oxygen atoms in total. The van der Waals surface area contributed by atoms with Gasteiger partial charge in [0.05, 0.1) is 4.92 Å². The normalized spacial score (nSPS) is 25.0. The topological polar surface area (TPSA) is 70.2 Å². The fourth-order valence-electron chi connectivity index (χ4n) is 3.90. The molecular weight excluding hydrogens is 266 g/mol. The standard InChI is InChI=1S/C16H19N3O2/c17-11-13-10-14(7-8-16(13)19(20)21)18-9-3-5-12-4-1-2-6-15(12)18/h7-8,10,12,15H,1-6,9H2/t12-,15-/m1/s1. The first kappa shape index (κ1) is 13.9. The third-order valence-corrected chi connectivity index (χ3v) is 4.87. The van der Waals surface area contributed by atoms with E-state index < -0.39 is 4.92 Å². The van der Waals surface area contributed by atoms with Crippen LogP contribution in [0.5, 0.6) is 0 Å². The second-order valence-corrected chi connectivity index (χ2v) is 6.02.